The van der Waals surface area contributed by atoms with Crippen LogP contribution < -0.4 is 11.5 Å². The maximum Gasteiger partial charge on any atom is 0.248 e. The number of anilines is 1. The van der Waals surface area contributed by atoms with Crippen molar-refractivity contribution < 1.29 is 14.3 Å². The van der Waals surface area contributed by atoms with E-state index in [9.17, 15) is 4.79 Å². The van der Waals surface area contributed by atoms with Crippen molar-refractivity contribution in [2.75, 3.05) is 25.6 Å². The predicted molar refractivity (Wildman–Crippen MR) is 72.6 cm³/mol. The van der Waals surface area contributed by atoms with Gasteiger partial charge in [0.1, 0.15) is 0 Å². The fraction of sp³-hybridized carbons (Fsp3) is 0.500. The topological polar surface area (TPSA) is 87.6 Å². The number of hydrogen-bond donors (Lipinski definition) is 2. The van der Waals surface area contributed by atoms with Gasteiger partial charge in [0.05, 0.1) is 13.2 Å². The molecule has 1 aromatic carbocycles. The van der Waals surface area contributed by atoms with Crippen LogP contribution in [0.5, 0.6) is 0 Å². The molecular formula is C14H20N2O3. The summed E-state index contributed by atoms with van der Waals surface area (Å²) in [7, 11) is 0. The van der Waals surface area contributed by atoms with E-state index in [1.165, 1.54) is 0 Å². The van der Waals surface area contributed by atoms with Crippen LogP contribution in [-0.2, 0) is 16.1 Å². The van der Waals surface area contributed by atoms with Crippen LogP contribution in [0.3, 0.4) is 0 Å². The number of nitrogen functional groups attached to an aromatic ring is 1. The second-order valence-corrected chi connectivity index (χ2v) is 4.85. The van der Waals surface area contributed by atoms with Crippen LogP contribution in [0, 0.1) is 5.92 Å². The molecule has 1 aliphatic rings. The molecule has 0 aliphatic carbocycles. The third kappa shape index (κ3) is 3.94. The Kier molecular flexibility index (Phi) is 4.76. The molecule has 0 spiro atoms. The Morgan fingerprint density at radius 2 is 2.11 bits per heavy atom. The van der Waals surface area contributed by atoms with Gasteiger partial charge in [-0.1, -0.05) is 6.07 Å². The smallest absolute Gasteiger partial charge is 0.248 e. The van der Waals surface area contributed by atoms with Gasteiger partial charge in [-0.15, -0.1) is 0 Å². The summed E-state index contributed by atoms with van der Waals surface area (Å²) in [4.78, 5) is 11.0. The van der Waals surface area contributed by atoms with Crippen LogP contribution in [0.1, 0.15) is 28.8 Å². The second-order valence-electron chi connectivity index (χ2n) is 4.85. The molecule has 1 amide bonds. The molecule has 5 heteroatoms. The average molecular weight is 264 g/mol. The molecule has 0 aromatic heterocycles. The van der Waals surface area contributed by atoms with Crippen molar-refractivity contribution in [1.82, 2.24) is 0 Å². The number of amides is 1. The summed E-state index contributed by atoms with van der Waals surface area (Å²) in [5.41, 5.74) is 12.9. The van der Waals surface area contributed by atoms with E-state index in [-0.39, 0.29) is 0 Å². The van der Waals surface area contributed by atoms with E-state index in [2.05, 4.69) is 0 Å². The molecule has 19 heavy (non-hydrogen) atoms. The van der Waals surface area contributed by atoms with Gasteiger partial charge in [0, 0.05) is 30.0 Å². The summed E-state index contributed by atoms with van der Waals surface area (Å²) in [5.74, 6) is 0.0984. The number of carbonyl (C=O) groups excluding carboxylic acids is 1. The molecule has 0 radical (unpaired) electrons. The lowest BCUT2D eigenvalue weighted by molar-refractivity contribution is 0.0158. The van der Waals surface area contributed by atoms with Crippen molar-refractivity contribution in [2.45, 2.75) is 19.4 Å². The minimum Gasteiger partial charge on any atom is -0.398 e. The summed E-state index contributed by atoms with van der Waals surface area (Å²) >= 11 is 0. The Morgan fingerprint density at radius 1 is 1.37 bits per heavy atom. The number of ether oxygens (including phenoxy) is 2. The normalized spacial score (nSPS) is 16.4. The van der Waals surface area contributed by atoms with Crippen LogP contribution in [0.2, 0.25) is 0 Å². The molecule has 1 aromatic rings. The average Bonchev–Trinajstić information content (AvgIpc) is 2.41. The highest BCUT2D eigenvalue weighted by Crippen LogP contribution is 2.18. The van der Waals surface area contributed by atoms with Crippen molar-refractivity contribution >= 4 is 11.6 Å². The first-order chi connectivity index (χ1) is 9.16. The van der Waals surface area contributed by atoms with Gasteiger partial charge in [0.15, 0.2) is 0 Å². The van der Waals surface area contributed by atoms with E-state index in [0.29, 0.717) is 23.8 Å². The third-order valence-corrected chi connectivity index (χ3v) is 3.38. The van der Waals surface area contributed by atoms with E-state index < -0.39 is 5.91 Å². The van der Waals surface area contributed by atoms with Gasteiger partial charge in [-0.3, -0.25) is 4.79 Å². The number of nitrogens with two attached hydrogens (primary N) is 2. The zero-order chi connectivity index (χ0) is 13.7. The van der Waals surface area contributed by atoms with Gasteiger partial charge >= 0.3 is 0 Å². The van der Waals surface area contributed by atoms with Crippen LogP contribution in [0.15, 0.2) is 18.2 Å². The van der Waals surface area contributed by atoms with E-state index in [0.717, 1.165) is 38.2 Å². The van der Waals surface area contributed by atoms with Gasteiger partial charge in [0.25, 0.3) is 0 Å². The van der Waals surface area contributed by atoms with Crippen LogP contribution in [0.4, 0.5) is 5.69 Å². The van der Waals surface area contributed by atoms with E-state index in [4.69, 9.17) is 20.9 Å². The molecule has 1 fully saturated rings. The molecule has 1 aliphatic heterocycles. The van der Waals surface area contributed by atoms with Crippen molar-refractivity contribution in [2.24, 2.45) is 11.7 Å². The maximum absolute atomic E-state index is 11.0. The predicted octanol–water partition coefficient (Wildman–Crippen LogP) is 1.31. The zero-order valence-electron chi connectivity index (χ0n) is 10.9. The van der Waals surface area contributed by atoms with Crippen molar-refractivity contribution in [3.8, 4) is 0 Å². The highest BCUT2D eigenvalue weighted by molar-refractivity contribution is 5.93. The van der Waals surface area contributed by atoms with Crippen LogP contribution in [0.25, 0.3) is 0 Å². The fourth-order valence-electron chi connectivity index (χ4n) is 2.13. The number of primary amides is 1. The largest absolute Gasteiger partial charge is 0.398 e. The Labute approximate surface area is 112 Å². The van der Waals surface area contributed by atoms with E-state index in [1.807, 2.05) is 0 Å². The number of benzene rings is 1. The number of carbonyl (C=O) groups is 1. The number of hydrogen-bond acceptors (Lipinski definition) is 4. The summed E-state index contributed by atoms with van der Waals surface area (Å²) in [6, 6.07) is 5.06. The molecule has 1 saturated heterocycles. The summed E-state index contributed by atoms with van der Waals surface area (Å²) in [6.07, 6.45) is 2.10. The molecule has 5 nitrogen and oxygen atoms in total. The Morgan fingerprint density at radius 3 is 2.74 bits per heavy atom. The SMILES string of the molecule is NC(=O)c1ccc(COCC2CCOCC2)c(N)c1. The third-order valence-electron chi connectivity index (χ3n) is 3.38. The standard InChI is InChI=1S/C14H20N2O3/c15-13-7-11(14(16)17)1-2-12(13)9-19-8-10-3-5-18-6-4-10/h1-2,7,10H,3-6,8-9,15H2,(H2,16,17). The quantitative estimate of drug-likeness (QED) is 0.785. The lowest BCUT2D eigenvalue weighted by Crippen LogP contribution is -2.20. The fourth-order valence-corrected chi connectivity index (χ4v) is 2.13. The Bertz CT molecular complexity index is 442. The van der Waals surface area contributed by atoms with Crippen LogP contribution in [-0.4, -0.2) is 25.7 Å². The van der Waals surface area contributed by atoms with E-state index in [1.54, 1.807) is 18.2 Å². The zero-order valence-corrected chi connectivity index (χ0v) is 10.9. The van der Waals surface area contributed by atoms with Crippen molar-refractivity contribution in [1.29, 1.82) is 0 Å². The van der Waals surface area contributed by atoms with Gasteiger partial charge in [-0.2, -0.15) is 0 Å². The summed E-state index contributed by atoms with van der Waals surface area (Å²) in [5, 5.41) is 0. The highest BCUT2D eigenvalue weighted by Gasteiger charge is 2.14. The molecule has 0 atom stereocenters. The second kappa shape index (κ2) is 6.54. The molecule has 0 saturated carbocycles. The molecule has 4 N–H and O–H groups in total. The minimum atomic E-state index is -0.471. The maximum atomic E-state index is 11.0. The van der Waals surface area contributed by atoms with Gasteiger partial charge < -0.3 is 20.9 Å². The molecule has 104 valence electrons. The molecular weight excluding hydrogens is 244 g/mol. The van der Waals surface area contributed by atoms with Crippen molar-refractivity contribution in [3.05, 3.63) is 29.3 Å². The monoisotopic (exact) mass is 264 g/mol. The number of rotatable bonds is 5. The van der Waals surface area contributed by atoms with Crippen LogP contribution >= 0.6 is 0 Å². The first kappa shape index (κ1) is 13.8. The first-order valence-corrected chi connectivity index (χ1v) is 6.50. The van der Waals surface area contributed by atoms with Crippen molar-refractivity contribution in [3.63, 3.8) is 0 Å². The summed E-state index contributed by atoms with van der Waals surface area (Å²) in [6.45, 7) is 2.83. The minimum absolute atomic E-state index is 0.422. The lowest BCUT2D eigenvalue weighted by atomic mass is 10.0. The van der Waals surface area contributed by atoms with E-state index >= 15 is 0 Å². The Hall–Kier alpha value is -1.59. The van der Waals surface area contributed by atoms with Gasteiger partial charge in [-0.05, 0) is 30.9 Å². The molecule has 0 bridgehead atoms. The molecule has 2 rings (SSSR count). The van der Waals surface area contributed by atoms with Gasteiger partial charge in [0.2, 0.25) is 5.91 Å². The first-order valence-electron chi connectivity index (χ1n) is 6.50. The molecule has 1 heterocycles. The highest BCUT2D eigenvalue weighted by atomic mass is 16.5. The van der Waals surface area contributed by atoms with Gasteiger partial charge in [-0.25, -0.2) is 0 Å². The molecule has 0 unspecified atom stereocenters. The lowest BCUT2D eigenvalue weighted by Gasteiger charge is -2.21. The summed E-state index contributed by atoms with van der Waals surface area (Å²) < 4.78 is 11.0. The Balaban J connectivity index is 1.83.